The lowest BCUT2D eigenvalue weighted by Crippen LogP contribution is -2.39. The van der Waals surface area contributed by atoms with Crippen molar-refractivity contribution >= 4 is 11.6 Å². The summed E-state index contributed by atoms with van der Waals surface area (Å²) in [5.74, 6) is 1.54. The molecule has 2 rings (SSSR count). The first kappa shape index (κ1) is 13.8. The van der Waals surface area contributed by atoms with E-state index in [4.69, 9.17) is 0 Å². The predicted molar refractivity (Wildman–Crippen MR) is 73.3 cm³/mol. The summed E-state index contributed by atoms with van der Waals surface area (Å²) in [5.41, 5.74) is 0. The highest BCUT2D eigenvalue weighted by atomic mass is 16.6. The van der Waals surface area contributed by atoms with Crippen LogP contribution in [0.4, 0.5) is 11.6 Å². The molecule has 0 aromatic carbocycles. The average molecular weight is 267 g/mol. The third kappa shape index (κ3) is 2.86. The van der Waals surface area contributed by atoms with E-state index in [0.29, 0.717) is 17.6 Å². The zero-order chi connectivity index (χ0) is 14.0. The molecule has 2 heterocycles. The molecule has 1 aromatic heterocycles. The van der Waals surface area contributed by atoms with Crippen molar-refractivity contribution in [1.82, 2.24) is 14.9 Å². The molecule has 1 aromatic rings. The van der Waals surface area contributed by atoms with E-state index in [1.54, 1.807) is 18.5 Å². The molecule has 1 fully saturated rings. The van der Waals surface area contributed by atoms with Crippen LogP contribution in [0.25, 0.3) is 0 Å². The molecule has 1 saturated heterocycles. The van der Waals surface area contributed by atoms with Crippen molar-refractivity contribution in [2.45, 2.75) is 32.7 Å². The molecule has 2 atom stereocenters. The minimum absolute atomic E-state index is 0.0874. The Hall–Kier alpha value is -1.63. The Morgan fingerprint density at radius 3 is 2.95 bits per heavy atom. The van der Waals surface area contributed by atoms with Gasteiger partial charge in [-0.1, -0.05) is 0 Å². The fourth-order valence-electron chi connectivity index (χ4n) is 2.52. The first-order valence-corrected chi connectivity index (χ1v) is 6.65. The lowest BCUT2D eigenvalue weighted by atomic mass is 9.93. The zero-order valence-electron chi connectivity index (χ0n) is 11.6. The molecule has 1 aliphatic rings. The number of aryl methyl sites for hydroxylation is 1. The quantitative estimate of drug-likeness (QED) is 0.637. The Morgan fingerprint density at radius 1 is 1.63 bits per heavy atom. The molecule has 2 N–H and O–H groups in total. The van der Waals surface area contributed by atoms with E-state index in [1.165, 1.54) is 0 Å². The van der Waals surface area contributed by atoms with Crippen LogP contribution in [0, 0.1) is 23.0 Å². The number of piperidine rings is 1. The van der Waals surface area contributed by atoms with Gasteiger partial charge < -0.3 is 20.7 Å². The van der Waals surface area contributed by atoms with Gasteiger partial charge in [-0.2, -0.15) is 0 Å². The van der Waals surface area contributed by atoms with Crippen molar-refractivity contribution in [3.8, 4) is 0 Å². The number of nitrogens with zero attached hydrogens (tertiary/aromatic N) is 3. The Balaban J connectivity index is 2.15. The normalized spacial score (nSPS) is 21.1. The van der Waals surface area contributed by atoms with Crippen molar-refractivity contribution in [3.05, 3.63) is 15.9 Å². The van der Waals surface area contributed by atoms with E-state index < -0.39 is 4.92 Å². The number of anilines is 1. The molecule has 106 valence electrons. The van der Waals surface area contributed by atoms with Crippen molar-refractivity contribution in [2.24, 2.45) is 13.0 Å². The lowest BCUT2D eigenvalue weighted by Gasteiger charge is -2.29. The highest BCUT2D eigenvalue weighted by Gasteiger charge is 2.27. The number of aromatic nitrogens is 2. The van der Waals surface area contributed by atoms with Crippen molar-refractivity contribution in [1.29, 1.82) is 0 Å². The third-order valence-electron chi connectivity index (χ3n) is 3.88. The van der Waals surface area contributed by atoms with Crippen LogP contribution in [0.1, 0.15) is 25.6 Å². The van der Waals surface area contributed by atoms with Gasteiger partial charge >= 0.3 is 5.82 Å². The van der Waals surface area contributed by atoms with Crippen LogP contribution in [-0.4, -0.2) is 33.6 Å². The number of hydrogen-bond donors (Lipinski definition) is 2. The summed E-state index contributed by atoms with van der Waals surface area (Å²) >= 11 is 0. The summed E-state index contributed by atoms with van der Waals surface area (Å²) in [4.78, 5) is 14.6. The van der Waals surface area contributed by atoms with Crippen LogP contribution in [0.3, 0.4) is 0 Å². The molecular formula is C12H21N5O2. The summed E-state index contributed by atoms with van der Waals surface area (Å²) in [5, 5.41) is 17.7. The highest BCUT2D eigenvalue weighted by molar-refractivity contribution is 5.54. The number of rotatable bonds is 4. The van der Waals surface area contributed by atoms with Gasteiger partial charge in [0.15, 0.2) is 0 Å². The van der Waals surface area contributed by atoms with Gasteiger partial charge in [0.05, 0.1) is 0 Å². The van der Waals surface area contributed by atoms with E-state index >= 15 is 0 Å². The maximum atomic E-state index is 11.0. The highest BCUT2D eigenvalue weighted by Crippen LogP contribution is 2.26. The summed E-state index contributed by atoms with van der Waals surface area (Å²) in [6, 6.07) is 0.182. The zero-order valence-corrected chi connectivity index (χ0v) is 11.6. The number of imidazole rings is 1. The number of hydrogen-bond acceptors (Lipinski definition) is 5. The van der Waals surface area contributed by atoms with Gasteiger partial charge in [-0.15, -0.1) is 0 Å². The topological polar surface area (TPSA) is 85.0 Å². The van der Waals surface area contributed by atoms with Crippen molar-refractivity contribution in [2.75, 3.05) is 18.4 Å². The minimum Gasteiger partial charge on any atom is -0.362 e. The van der Waals surface area contributed by atoms with E-state index in [9.17, 15) is 10.1 Å². The van der Waals surface area contributed by atoms with Gasteiger partial charge in [0, 0.05) is 20.0 Å². The second kappa shape index (κ2) is 5.56. The molecule has 0 saturated carbocycles. The molecule has 0 aliphatic carbocycles. The lowest BCUT2D eigenvalue weighted by molar-refractivity contribution is -0.388. The second-order valence-electron chi connectivity index (χ2n) is 5.19. The third-order valence-corrected chi connectivity index (χ3v) is 3.88. The van der Waals surface area contributed by atoms with Gasteiger partial charge in [0.1, 0.15) is 0 Å². The van der Waals surface area contributed by atoms with Gasteiger partial charge in [0.2, 0.25) is 11.6 Å². The average Bonchev–Trinajstić information content (AvgIpc) is 2.68. The van der Waals surface area contributed by atoms with Crippen molar-refractivity contribution < 1.29 is 4.92 Å². The van der Waals surface area contributed by atoms with Crippen LogP contribution in [-0.2, 0) is 7.05 Å². The Bertz CT molecular complexity index is 465. The number of nitro groups is 1. The summed E-state index contributed by atoms with van der Waals surface area (Å²) < 4.78 is 1.74. The molecule has 1 aliphatic heterocycles. The van der Waals surface area contributed by atoms with E-state index in [-0.39, 0.29) is 11.9 Å². The largest absolute Gasteiger partial charge is 0.406 e. The Labute approximate surface area is 112 Å². The van der Waals surface area contributed by atoms with Crippen LogP contribution < -0.4 is 10.6 Å². The van der Waals surface area contributed by atoms with Gasteiger partial charge in [-0.25, -0.2) is 0 Å². The standard InChI is InChI=1S/C12H21N5O2/c1-8(10-5-4-6-13-7-10)14-11-12(17(18)19)15-9(2)16(11)3/h8,10,13-14H,4-7H2,1-3H3. The maximum absolute atomic E-state index is 11.0. The van der Waals surface area contributed by atoms with Crippen LogP contribution in [0.15, 0.2) is 0 Å². The molecule has 19 heavy (non-hydrogen) atoms. The first-order valence-electron chi connectivity index (χ1n) is 6.65. The van der Waals surface area contributed by atoms with Gasteiger partial charge in [-0.05, 0) is 48.7 Å². The molecule has 7 heteroatoms. The van der Waals surface area contributed by atoms with Crippen LogP contribution >= 0.6 is 0 Å². The molecule has 0 spiro atoms. The smallest absolute Gasteiger partial charge is 0.362 e. The SMILES string of the molecule is Cc1nc([N+](=O)[O-])c(NC(C)C2CCCNC2)n1C. The first-order chi connectivity index (χ1) is 9.00. The molecule has 2 unspecified atom stereocenters. The molecule has 7 nitrogen and oxygen atoms in total. The van der Waals surface area contributed by atoms with Crippen molar-refractivity contribution in [3.63, 3.8) is 0 Å². The van der Waals surface area contributed by atoms with Crippen LogP contribution in [0.2, 0.25) is 0 Å². The fraction of sp³-hybridized carbons (Fsp3) is 0.750. The predicted octanol–water partition coefficient (Wildman–Crippen LogP) is 1.44. The summed E-state index contributed by atoms with van der Waals surface area (Å²) in [6.45, 7) is 5.86. The maximum Gasteiger partial charge on any atom is 0.406 e. The van der Waals surface area contributed by atoms with Gasteiger partial charge in [-0.3, -0.25) is 4.57 Å². The van der Waals surface area contributed by atoms with E-state index in [2.05, 4.69) is 22.5 Å². The molecule has 0 radical (unpaired) electrons. The van der Waals surface area contributed by atoms with E-state index in [1.807, 2.05) is 0 Å². The monoisotopic (exact) mass is 267 g/mol. The van der Waals surface area contributed by atoms with E-state index in [0.717, 1.165) is 25.9 Å². The Morgan fingerprint density at radius 2 is 2.37 bits per heavy atom. The van der Waals surface area contributed by atoms with Gasteiger partial charge in [0.25, 0.3) is 0 Å². The minimum atomic E-state index is -0.429. The molecule has 0 bridgehead atoms. The summed E-state index contributed by atoms with van der Waals surface area (Å²) in [6.07, 6.45) is 2.30. The summed E-state index contributed by atoms with van der Waals surface area (Å²) in [7, 11) is 1.80. The fourth-order valence-corrected chi connectivity index (χ4v) is 2.52. The second-order valence-corrected chi connectivity index (χ2v) is 5.19. The number of nitrogens with one attached hydrogen (secondary N) is 2. The molecular weight excluding hydrogens is 246 g/mol. The Kier molecular flexibility index (Phi) is 4.04. The molecule has 0 amide bonds. The van der Waals surface area contributed by atoms with Crippen LogP contribution in [0.5, 0.6) is 0 Å².